The molecule has 2 heterocycles. The Labute approximate surface area is 179 Å². The number of hydrogen-bond donors (Lipinski definition) is 4. The summed E-state index contributed by atoms with van der Waals surface area (Å²) in [6.45, 7) is 0.799. The number of nitrogens with one attached hydrogen (secondary N) is 2. The van der Waals surface area contributed by atoms with E-state index in [4.69, 9.17) is 0 Å². The summed E-state index contributed by atoms with van der Waals surface area (Å²) >= 11 is 0. The Morgan fingerprint density at radius 1 is 1.23 bits per heavy atom. The summed E-state index contributed by atoms with van der Waals surface area (Å²) in [6, 6.07) is 8.56. The lowest BCUT2D eigenvalue weighted by Gasteiger charge is -2.24. The SMILES string of the molecule is [NH3+]CC1CCc2cc(C(=O)NCC(NS(=O)(=O)c3ccccc3)C(=O)O)cc(=O)n2C1. The number of aliphatic carboxylic acids is 1. The highest BCUT2D eigenvalue weighted by molar-refractivity contribution is 7.89. The number of sulfonamides is 1. The molecular formula is C20H25N4O6S+. The van der Waals surface area contributed by atoms with Crippen LogP contribution in [0.1, 0.15) is 22.5 Å². The van der Waals surface area contributed by atoms with E-state index in [-0.39, 0.29) is 16.0 Å². The third-order valence-electron chi connectivity index (χ3n) is 5.25. The molecule has 0 fully saturated rings. The third-order valence-corrected chi connectivity index (χ3v) is 6.74. The normalized spacial score (nSPS) is 16.9. The van der Waals surface area contributed by atoms with Crippen LogP contribution in [0.25, 0.3) is 0 Å². The summed E-state index contributed by atoms with van der Waals surface area (Å²) in [5.74, 6) is -1.77. The summed E-state index contributed by atoms with van der Waals surface area (Å²) in [5, 5.41) is 11.8. The summed E-state index contributed by atoms with van der Waals surface area (Å²) in [7, 11) is -4.08. The predicted octanol–water partition coefficient (Wildman–Crippen LogP) is -1.19. The highest BCUT2D eigenvalue weighted by Gasteiger charge is 2.26. The van der Waals surface area contributed by atoms with Crippen LogP contribution in [0.2, 0.25) is 0 Å². The van der Waals surface area contributed by atoms with Crippen molar-refractivity contribution in [1.82, 2.24) is 14.6 Å². The number of rotatable bonds is 8. The van der Waals surface area contributed by atoms with Gasteiger partial charge in [-0.25, -0.2) is 8.42 Å². The zero-order valence-electron chi connectivity index (χ0n) is 16.8. The minimum absolute atomic E-state index is 0.0872. The fourth-order valence-corrected chi connectivity index (χ4v) is 4.68. The number of hydrogen-bond acceptors (Lipinski definition) is 5. The van der Waals surface area contributed by atoms with Gasteiger partial charge >= 0.3 is 5.97 Å². The molecule has 31 heavy (non-hydrogen) atoms. The summed E-state index contributed by atoms with van der Waals surface area (Å²) in [6.07, 6.45) is 1.52. The number of carboxylic acid groups (broad SMARTS) is 1. The van der Waals surface area contributed by atoms with Gasteiger partial charge in [0.25, 0.3) is 11.5 Å². The molecule has 6 N–H and O–H groups in total. The molecule has 2 atom stereocenters. The number of fused-ring (bicyclic) bond motifs is 1. The van der Waals surface area contributed by atoms with Gasteiger partial charge in [-0.1, -0.05) is 18.2 Å². The molecule has 2 aromatic rings. The molecule has 3 rings (SSSR count). The number of quaternary nitrogens is 1. The van der Waals surface area contributed by atoms with Crippen molar-refractivity contribution in [2.24, 2.45) is 5.92 Å². The predicted molar refractivity (Wildman–Crippen MR) is 111 cm³/mol. The first kappa shape index (κ1) is 22.7. The van der Waals surface area contributed by atoms with Crippen molar-refractivity contribution in [3.63, 3.8) is 0 Å². The lowest BCUT2D eigenvalue weighted by Crippen LogP contribution is -2.55. The van der Waals surface area contributed by atoms with Crippen LogP contribution in [0.15, 0.2) is 52.2 Å². The molecule has 0 saturated heterocycles. The average Bonchev–Trinajstić information content (AvgIpc) is 2.76. The van der Waals surface area contributed by atoms with E-state index < -0.39 is 34.5 Å². The highest BCUT2D eigenvalue weighted by Crippen LogP contribution is 2.18. The molecule has 166 valence electrons. The molecule has 10 nitrogen and oxygen atoms in total. The largest absolute Gasteiger partial charge is 0.480 e. The lowest BCUT2D eigenvalue weighted by molar-refractivity contribution is -0.380. The van der Waals surface area contributed by atoms with Gasteiger partial charge in [-0.05, 0) is 31.0 Å². The van der Waals surface area contributed by atoms with Crippen LogP contribution in [-0.2, 0) is 27.8 Å². The van der Waals surface area contributed by atoms with E-state index in [0.717, 1.165) is 18.7 Å². The van der Waals surface area contributed by atoms with Crippen molar-refractivity contribution >= 4 is 21.9 Å². The topological polar surface area (TPSA) is 162 Å². The van der Waals surface area contributed by atoms with Crippen molar-refractivity contribution in [1.29, 1.82) is 0 Å². The van der Waals surface area contributed by atoms with E-state index in [0.29, 0.717) is 18.9 Å². The molecule has 1 amide bonds. The van der Waals surface area contributed by atoms with Crippen LogP contribution in [-0.4, -0.2) is 49.1 Å². The maximum Gasteiger partial charge on any atom is 0.323 e. The molecule has 1 aliphatic heterocycles. The minimum atomic E-state index is -4.08. The van der Waals surface area contributed by atoms with Gasteiger partial charge in [0.1, 0.15) is 6.04 Å². The van der Waals surface area contributed by atoms with Crippen LogP contribution in [0, 0.1) is 5.92 Å². The quantitative estimate of drug-likeness (QED) is 0.396. The van der Waals surface area contributed by atoms with Gasteiger partial charge in [0.2, 0.25) is 10.0 Å². The van der Waals surface area contributed by atoms with Crippen LogP contribution in [0.3, 0.4) is 0 Å². The minimum Gasteiger partial charge on any atom is -0.480 e. The average molecular weight is 450 g/mol. The molecule has 0 radical (unpaired) electrons. The fourth-order valence-electron chi connectivity index (χ4n) is 3.47. The number of carboxylic acids is 1. The van der Waals surface area contributed by atoms with E-state index >= 15 is 0 Å². The molecule has 2 unspecified atom stereocenters. The van der Waals surface area contributed by atoms with Crippen molar-refractivity contribution in [2.75, 3.05) is 13.1 Å². The first-order chi connectivity index (χ1) is 14.7. The number of aromatic nitrogens is 1. The smallest absolute Gasteiger partial charge is 0.323 e. The Kier molecular flexibility index (Phi) is 6.88. The van der Waals surface area contributed by atoms with Crippen molar-refractivity contribution in [2.45, 2.75) is 30.3 Å². The van der Waals surface area contributed by atoms with E-state index in [9.17, 15) is 27.9 Å². The Morgan fingerprint density at radius 2 is 1.94 bits per heavy atom. The van der Waals surface area contributed by atoms with Crippen LogP contribution < -0.4 is 21.3 Å². The molecule has 0 saturated carbocycles. The number of nitrogens with zero attached hydrogens (tertiary/aromatic N) is 1. The van der Waals surface area contributed by atoms with Gasteiger partial charge in [-0.3, -0.25) is 14.4 Å². The standard InChI is InChI=1S/C20H24N4O6S/c21-10-13-6-7-15-8-14(9-18(25)24(15)12-13)19(26)22-11-17(20(27)28)23-31(29,30)16-4-2-1-3-5-16/h1-5,8-9,13,17,23H,6-7,10-12,21H2,(H,22,26)(H,27,28)/p+1. The van der Waals surface area contributed by atoms with E-state index in [1.165, 1.54) is 30.3 Å². The molecule has 1 aromatic carbocycles. The van der Waals surface area contributed by atoms with E-state index in [2.05, 4.69) is 15.8 Å². The van der Waals surface area contributed by atoms with E-state index in [1.54, 1.807) is 16.7 Å². The second kappa shape index (κ2) is 9.41. The zero-order chi connectivity index (χ0) is 22.6. The lowest BCUT2D eigenvalue weighted by atomic mass is 9.96. The number of benzene rings is 1. The summed E-state index contributed by atoms with van der Waals surface area (Å²) in [5.41, 5.74) is 4.42. The number of pyridine rings is 1. The Morgan fingerprint density at radius 3 is 2.58 bits per heavy atom. The second-order valence-electron chi connectivity index (χ2n) is 7.41. The molecule has 1 aliphatic rings. The Balaban J connectivity index is 1.70. The van der Waals surface area contributed by atoms with E-state index in [1.807, 2.05) is 0 Å². The number of amides is 1. The molecule has 0 spiro atoms. The molecule has 1 aromatic heterocycles. The first-order valence-electron chi connectivity index (χ1n) is 9.82. The number of carbonyl (C=O) groups excluding carboxylic acids is 1. The second-order valence-corrected chi connectivity index (χ2v) is 9.13. The van der Waals surface area contributed by atoms with Gasteiger partial charge in [0.05, 0.1) is 11.4 Å². The summed E-state index contributed by atoms with van der Waals surface area (Å²) < 4.78 is 28.5. The van der Waals surface area contributed by atoms with Crippen molar-refractivity contribution < 1.29 is 28.8 Å². The Bertz CT molecular complexity index is 1130. The number of carbonyl (C=O) groups is 2. The van der Waals surface area contributed by atoms with Gasteiger partial charge in [0.15, 0.2) is 0 Å². The fraction of sp³-hybridized carbons (Fsp3) is 0.350. The first-order valence-corrected chi connectivity index (χ1v) is 11.3. The van der Waals surface area contributed by atoms with Gasteiger partial charge < -0.3 is 20.7 Å². The Hall–Kier alpha value is -3.02. The summed E-state index contributed by atoms with van der Waals surface area (Å²) in [4.78, 5) is 36.4. The van der Waals surface area contributed by atoms with Gasteiger partial charge in [-0.2, -0.15) is 4.72 Å². The highest BCUT2D eigenvalue weighted by atomic mass is 32.2. The van der Waals surface area contributed by atoms with Crippen LogP contribution in [0.5, 0.6) is 0 Å². The van der Waals surface area contributed by atoms with Crippen LogP contribution >= 0.6 is 0 Å². The van der Waals surface area contributed by atoms with Crippen LogP contribution in [0.4, 0.5) is 0 Å². The van der Waals surface area contributed by atoms with Crippen molar-refractivity contribution in [3.05, 3.63) is 64.1 Å². The monoisotopic (exact) mass is 449 g/mol. The van der Waals surface area contributed by atoms with Gasteiger partial charge in [-0.15, -0.1) is 0 Å². The molecule has 11 heteroatoms. The zero-order valence-corrected chi connectivity index (χ0v) is 17.6. The molecular weight excluding hydrogens is 424 g/mol. The molecule has 0 aliphatic carbocycles. The maximum absolute atomic E-state index is 12.5. The maximum atomic E-state index is 12.5. The number of aryl methyl sites for hydroxylation is 1. The van der Waals surface area contributed by atoms with Crippen molar-refractivity contribution in [3.8, 4) is 0 Å². The van der Waals surface area contributed by atoms with Gasteiger partial charge in [0, 0.05) is 36.3 Å². The molecule has 0 bridgehead atoms. The third kappa shape index (κ3) is 5.37.